The number of aromatic nitrogens is 4. The van der Waals surface area contributed by atoms with E-state index >= 15 is 0 Å². The van der Waals surface area contributed by atoms with Crippen LogP contribution in [0, 0.1) is 0 Å². The molecule has 0 saturated heterocycles. The molecule has 4 rings (SSSR count). The second-order valence-electron chi connectivity index (χ2n) is 7.14. The number of hydrogen-bond donors (Lipinski definition) is 1. The molecule has 1 saturated carbocycles. The summed E-state index contributed by atoms with van der Waals surface area (Å²) in [6, 6.07) is 5.86. The Morgan fingerprint density at radius 2 is 2.15 bits per heavy atom. The van der Waals surface area contributed by atoms with Crippen LogP contribution in [-0.4, -0.2) is 50.7 Å². The Bertz CT molecular complexity index is 940. The van der Waals surface area contributed by atoms with Gasteiger partial charge in [0.1, 0.15) is 11.6 Å². The van der Waals surface area contributed by atoms with Crippen molar-refractivity contribution in [2.24, 2.45) is 7.05 Å². The molecular formula is C18H22N6OS. The molecule has 0 radical (unpaired) electrons. The van der Waals surface area contributed by atoms with Gasteiger partial charge in [-0.3, -0.25) is 4.79 Å². The molecule has 1 amide bonds. The zero-order chi connectivity index (χ0) is 18.3. The molecule has 3 aromatic rings. The molecular weight excluding hydrogens is 348 g/mol. The molecule has 0 bridgehead atoms. The summed E-state index contributed by atoms with van der Waals surface area (Å²) in [4.78, 5) is 18.8. The molecule has 1 aliphatic rings. The number of carbonyl (C=O) groups excluding carboxylic acids is 1. The largest absolute Gasteiger partial charge is 0.349 e. The van der Waals surface area contributed by atoms with E-state index in [0.717, 1.165) is 41.3 Å². The van der Waals surface area contributed by atoms with Gasteiger partial charge in [-0.2, -0.15) is 0 Å². The molecule has 8 heteroatoms. The molecule has 0 aliphatic heterocycles. The van der Waals surface area contributed by atoms with E-state index in [2.05, 4.69) is 30.0 Å². The fourth-order valence-corrected chi connectivity index (χ4v) is 4.02. The maximum Gasteiger partial charge on any atom is 0.251 e. The first-order valence-electron chi connectivity index (χ1n) is 8.68. The Labute approximate surface area is 156 Å². The summed E-state index contributed by atoms with van der Waals surface area (Å²) in [7, 11) is 6.06. The quantitative estimate of drug-likeness (QED) is 0.745. The second kappa shape index (κ2) is 6.77. The molecule has 136 valence electrons. The van der Waals surface area contributed by atoms with Crippen molar-refractivity contribution >= 4 is 27.5 Å². The predicted octanol–water partition coefficient (Wildman–Crippen LogP) is 2.16. The highest BCUT2D eigenvalue weighted by Gasteiger charge is 2.35. The fraction of sp³-hybridized carbons (Fsp3) is 0.444. The lowest BCUT2D eigenvalue weighted by molar-refractivity contribution is 0.0907. The van der Waals surface area contributed by atoms with Crippen molar-refractivity contribution in [2.75, 3.05) is 14.1 Å². The molecule has 0 spiro atoms. The number of fused-ring (bicyclic) bond motifs is 1. The molecule has 2 heterocycles. The van der Waals surface area contributed by atoms with Gasteiger partial charge in [0.05, 0.1) is 22.3 Å². The average molecular weight is 370 g/mol. The Balaban J connectivity index is 1.36. The van der Waals surface area contributed by atoms with Crippen LogP contribution < -0.4 is 5.32 Å². The lowest BCUT2D eigenvalue weighted by atomic mass is 9.79. The molecule has 0 unspecified atom stereocenters. The van der Waals surface area contributed by atoms with E-state index in [1.165, 1.54) is 0 Å². The minimum atomic E-state index is -0.0328. The number of nitrogens with zero attached hydrogens (tertiary/aromatic N) is 5. The number of hydrogen-bond acceptors (Lipinski definition) is 6. The monoisotopic (exact) mass is 370 g/mol. The van der Waals surface area contributed by atoms with Crippen molar-refractivity contribution in [1.29, 1.82) is 0 Å². The zero-order valence-corrected chi connectivity index (χ0v) is 16.0. The van der Waals surface area contributed by atoms with Crippen LogP contribution >= 0.6 is 11.3 Å². The Kier molecular flexibility index (Phi) is 4.46. The molecule has 1 aromatic carbocycles. The van der Waals surface area contributed by atoms with Crippen LogP contribution in [-0.2, 0) is 13.6 Å². The number of rotatable bonds is 5. The SMILES string of the molecule is CN(C)Cc1nnc(C2CC(NC(=O)c3ccc4scnc4c3)C2)n1C. The van der Waals surface area contributed by atoms with Gasteiger partial charge in [-0.1, -0.05) is 0 Å². The van der Waals surface area contributed by atoms with Gasteiger partial charge < -0.3 is 14.8 Å². The van der Waals surface area contributed by atoms with Gasteiger partial charge in [0, 0.05) is 24.6 Å². The summed E-state index contributed by atoms with van der Waals surface area (Å²) >= 11 is 1.58. The van der Waals surface area contributed by atoms with Gasteiger partial charge in [-0.05, 0) is 45.1 Å². The molecule has 1 N–H and O–H groups in total. The van der Waals surface area contributed by atoms with E-state index in [4.69, 9.17) is 0 Å². The molecule has 26 heavy (non-hydrogen) atoms. The van der Waals surface area contributed by atoms with Crippen molar-refractivity contribution in [2.45, 2.75) is 31.3 Å². The molecule has 7 nitrogen and oxygen atoms in total. The molecule has 2 aromatic heterocycles. The van der Waals surface area contributed by atoms with Crippen molar-refractivity contribution < 1.29 is 4.79 Å². The second-order valence-corrected chi connectivity index (χ2v) is 8.03. The first kappa shape index (κ1) is 17.1. The number of carbonyl (C=O) groups is 1. The van der Waals surface area contributed by atoms with Crippen LogP contribution in [0.1, 0.15) is 40.8 Å². The highest BCUT2D eigenvalue weighted by Crippen LogP contribution is 2.36. The standard InChI is InChI=1S/C18H22N6OS/c1-23(2)9-16-21-22-17(24(16)3)12-6-13(7-12)20-18(25)11-4-5-15-14(8-11)19-10-26-15/h4-5,8,10,12-13H,6-7,9H2,1-3H3,(H,20,25). The normalized spacial score (nSPS) is 19.7. The van der Waals surface area contributed by atoms with E-state index in [-0.39, 0.29) is 11.9 Å². The molecule has 0 atom stereocenters. The minimum absolute atomic E-state index is 0.0328. The van der Waals surface area contributed by atoms with Gasteiger partial charge in [-0.25, -0.2) is 4.98 Å². The van der Waals surface area contributed by atoms with Crippen LogP contribution in [0.25, 0.3) is 10.2 Å². The van der Waals surface area contributed by atoms with Gasteiger partial charge in [0.2, 0.25) is 0 Å². The first-order chi connectivity index (χ1) is 12.5. The summed E-state index contributed by atoms with van der Waals surface area (Å²) in [5.74, 6) is 2.30. The van der Waals surface area contributed by atoms with E-state index < -0.39 is 0 Å². The lowest BCUT2D eigenvalue weighted by Gasteiger charge is -2.35. The van der Waals surface area contributed by atoms with Gasteiger partial charge in [0.25, 0.3) is 5.91 Å². The minimum Gasteiger partial charge on any atom is -0.349 e. The van der Waals surface area contributed by atoms with E-state index in [0.29, 0.717) is 11.5 Å². The van der Waals surface area contributed by atoms with Crippen LogP contribution in [0.4, 0.5) is 0 Å². The highest BCUT2D eigenvalue weighted by atomic mass is 32.1. The number of amides is 1. The van der Waals surface area contributed by atoms with Gasteiger partial charge >= 0.3 is 0 Å². The topological polar surface area (TPSA) is 75.9 Å². The van der Waals surface area contributed by atoms with E-state index in [9.17, 15) is 4.79 Å². The summed E-state index contributed by atoms with van der Waals surface area (Å²) in [5, 5.41) is 11.8. The van der Waals surface area contributed by atoms with Crippen molar-refractivity contribution in [3.05, 3.63) is 40.9 Å². The van der Waals surface area contributed by atoms with Crippen molar-refractivity contribution in [1.82, 2.24) is 30.0 Å². The summed E-state index contributed by atoms with van der Waals surface area (Å²) in [6.07, 6.45) is 1.80. The van der Waals surface area contributed by atoms with Gasteiger partial charge in [0.15, 0.2) is 0 Å². The number of thiazole rings is 1. The highest BCUT2D eigenvalue weighted by molar-refractivity contribution is 7.16. The third-order valence-corrected chi connectivity index (χ3v) is 5.70. The summed E-state index contributed by atoms with van der Waals surface area (Å²) in [5.41, 5.74) is 3.34. The lowest BCUT2D eigenvalue weighted by Crippen LogP contribution is -2.44. The predicted molar refractivity (Wildman–Crippen MR) is 101 cm³/mol. The molecule has 1 aliphatic carbocycles. The fourth-order valence-electron chi connectivity index (χ4n) is 3.37. The van der Waals surface area contributed by atoms with E-state index in [1.54, 1.807) is 16.8 Å². The Morgan fingerprint density at radius 3 is 2.92 bits per heavy atom. The van der Waals surface area contributed by atoms with Gasteiger partial charge in [-0.15, -0.1) is 21.5 Å². The van der Waals surface area contributed by atoms with Crippen LogP contribution in [0.2, 0.25) is 0 Å². The molecule has 1 fully saturated rings. The third kappa shape index (κ3) is 3.22. The van der Waals surface area contributed by atoms with Crippen LogP contribution in [0.15, 0.2) is 23.7 Å². The number of nitrogens with one attached hydrogen (secondary N) is 1. The zero-order valence-electron chi connectivity index (χ0n) is 15.1. The van der Waals surface area contributed by atoms with Crippen molar-refractivity contribution in [3.63, 3.8) is 0 Å². The smallest absolute Gasteiger partial charge is 0.251 e. The average Bonchev–Trinajstić information content (AvgIpc) is 3.17. The first-order valence-corrected chi connectivity index (χ1v) is 9.56. The Hall–Kier alpha value is -2.32. The third-order valence-electron chi connectivity index (χ3n) is 4.89. The van der Waals surface area contributed by atoms with Crippen LogP contribution in [0.3, 0.4) is 0 Å². The van der Waals surface area contributed by atoms with E-state index in [1.807, 2.05) is 39.3 Å². The maximum absolute atomic E-state index is 12.5. The van der Waals surface area contributed by atoms with Crippen molar-refractivity contribution in [3.8, 4) is 0 Å². The summed E-state index contributed by atoms with van der Waals surface area (Å²) < 4.78 is 3.18. The Morgan fingerprint density at radius 1 is 1.35 bits per heavy atom. The number of benzene rings is 1. The van der Waals surface area contributed by atoms with Crippen LogP contribution in [0.5, 0.6) is 0 Å². The summed E-state index contributed by atoms with van der Waals surface area (Å²) in [6.45, 7) is 0.773. The maximum atomic E-state index is 12.5.